The van der Waals surface area contributed by atoms with Crippen molar-refractivity contribution in [3.05, 3.63) is 77.9 Å². The minimum absolute atomic E-state index is 0.0358. The summed E-state index contributed by atoms with van der Waals surface area (Å²) in [5.74, 6) is 2.36. The van der Waals surface area contributed by atoms with Crippen LogP contribution in [0.2, 0.25) is 0 Å². The highest BCUT2D eigenvalue weighted by Crippen LogP contribution is 2.33. The topological polar surface area (TPSA) is 65.4 Å². The van der Waals surface area contributed by atoms with Gasteiger partial charge in [0.05, 0.1) is 12.0 Å². The number of nitrogens with zero attached hydrogens (tertiary/aromatic N) is 2. The van der Waals surface area contributed by atoms with Gasteiger partial charge < -0.3 is 19.4 Å². The van der Waals surface area contributed by atoms with E-state index in [1.807, 2.05) is 49.5 Å². The number of rotatable bonds is 9. The first-order valence-corrected chi connectivity index (χ1v) is 11.4. The van der Waals surface area contributed by atoms with Crippen molar-refractivity contribution < 1.29 is 14.3 Å². The lowest BCUT2D eigenvalue weighted by Gasteiger charge is -2.24. The molecule has 3 aromatic rings. The summed E-state index contributed by atoms with van der Waals surface area (Å²) >= 11 is 0. The quantitative estimate of drug-likeness (QED) is 0.545. The fourth-order valence-electron chi connectivity index (χ4n) is 4.07. The minimum atomic E-state index is -0.175. The maximum Gasteiger partial charge on any atom is 0.225 e. The normalized spacial score (nSPS) is 14.6. The van der Waals surface area contributed by atoms with Gasteiger partial charge in [-0.05, 0) is 36.1 Å². The molecule has 6 nitrogen and oxygen atoms in total. The van der Waals surface area contributed by atoms with Gasteiger partial charge in [-0.25, -0.2) is 4.98 Å². The number of benzene rings is 2. The van der Waals surface area contributed by atoms with Gasteiger partial charge in [0.25, 0.3) is 0 Å². The lowest BCUT2D eigenvalue weighted by molar-refractivity contribution is -0.125. The van der Waals surface area contributed by atoms with E-state index in [0.29, 0.717) is 19.8 Å². The maximum atomic E-state index is 13.2. The smallest absolute Gasteiger partial charge is 0.225 e. The van der Waals surface area contributed by atoms with Crippen molar-refractivity contribution in [2.24, 2.45) is 5.92 Å². The summed E-state index contributed by atoms with van der Waals surface area (Å²) in [5, 5.41) is 3.29. The van der Waals surface area contributed by atoms with Crippen molar-refractivity contribution >= 4 is 5.91 Å². The van der Waals surface area contributed by atoms with Crippen LogP contribution in [0.1, 0.15) is 43.3 Å². The first-order valence-electron chi connectivity index (χ1n) is 11.4. The number of aryl methyl sites for hydroxylation is 2. The number of carbonyl (C=O) groups is 1. The fourth-order valence-corrected chi connectivity index (χ4v) is 4.07. The zero-order valence-electron chi connectivity index (χ0n) is 18.8. The Morgan fingerprint density at radius 1 is 1.12 bits per heavy atom. The fraction of sp³-hybridized carbons (Fsp3) is 0.385. The second kappa shape index (κ2) is 10.4. The molecule has 0 bridgehead atoms. The zero-order valence-corrected chi connectivity index (χ0v) is 18.8. The number of imidazole rings is 1. The Kier molecular flexibility index (Phi) is 7.10. The number of amides is 1. The van der Waals surface area contributed by atoms with Crippen LogP contribution in [0.3, 0.4) is 0 Å². The zero-order chi connectivity index (χ0) is 22.3. The molecule has 2 aromatic carbocycles. The molecule has 1 N–H and O–H groups in total. The first-order chi connectivity index (χ1) is 15.6. The Balaban J connectivity index is 1.49. The van der Waals surface area contributed by atoms with E-state index in [1.54, 1.807) is 6.20 Å². The third kappa shape index (κ3) is 5.31. The Morgan fingerprint density at radius 3 is 2.69 bits per heavy atom. The third-order valence-corrected chi connectivity index (χ3v) is 5.89. The molecule has 0 spiro atoms. The van der Waals surface area contributed by atoms with Crippen LogP contribution in [0.15, 0.2) is 60.9 Å². The molecule has 0 saturated carbocycles. The first kappa shape index (κ1) is 21.9. The van der Waals surface area contributed by atoms with Gasteiger partial charge in [-0.2, -0.15) is 0 Å². The molecular formula is C26H31N3O3. The third-order valence-electron chi connectivity index (χ3n) is 5.89. The summed E-state index contributed by atoms with van der Waals surface area (Å²) in [6, 6.07) is 16.2. The van der Waals surface area contributed by atoms with E-state index < -0.39 is 0 Å². The van der Waals surface area contributed by atoms with Crippen molar-refractivity contribution in [2.45, 2.75) is 45.7 Å². The van der Waals surface area contributed by atoms with Crippen molar-refractivity contribution in [3.8, 4) is 11.5 Å². The Morgan fingerprint density at radius 2 is 1.91 bits per heavy atom. The average molecular weight is 434 g/mol. The highest BCUT2D eigenvalue weighted by atomic mass is 16.6. The molecule has 6 heteroatoms. The summed E-state index contributed by atoms with van der Waals surface area (Å²) in [6.07, 6.45) is 6.25. The molecule has 1 aliphatic heterocycles. The molecule has 0 fully saturated rings. The summed E-state index contributed by atoms with van der Waals surface area (Å²) in [5.41, 5.74) is 2.28. The van der Waals surface area contributed by atoms with Gasteiger partial charge in [0.1, 0.15) is 19.0 Å². The van der Waals surface area contributed by atoms with Crippen LogP contribution < -0.4 is 14.8 Å². The summed E-state index contributed by atoms with van der Waals surface area (Å²) in [4.78, 5) is 17.5. The molecule has 1 aliphatic rings. The highest BCUT2D eigenvalue weighted by molar-refractivity contribution is 5.78. The van der Waals surface area contributed by atoms with Crippen molar-refractivity contribution in [1.29, 1.82) is 0 Å². The van der Waals surface area contributed by atoms with E-state index in [2.05, 4.69) is 33.9 Å². The van der Waals surface area contributed by atoms with Gasteiger partial charge >= 0.3 is 0 Å². The van der Waals surface area contributed by atoms with Crippen LogP contribution in [0.25, 0.3) is 0 Å². The largest absolute Gasteiger partial charge is 0.486 e. The number of nitrogens with one attached hydrogen (secondary N) is 1. The van der Waals surface area contributed by atoms with Gasteiger partial charge in [-0.3, -0.25) is 4.79 Å². The molecule has 1 amide bonds. The number of hydrogen-bond acceptors (Lipinski definition) is 4. The van der Waals surface area contributed by atoms with Crippen LogP contribution >= 0.6 is 0 Å². The van der Waals surface area contributed by atoms with Crippen LogP contribution in [0, 0.1) is 5.92 Å². The summed E-state index contributed by atoms with van der Waals surface area (Å²) in [7, 11) is 0. The van der Waals surface area contributed by atoms with E-state index in [4.69, 9.17) is 9.47 Å². The van der Waals surface area contributed by atoms with E-state index in [-0.39, 0.29) is 17.9 Å². The van der Waals surface area contributed by atoms with Crippen LogP contribution in [-0.4, -0.2) is 28.7 Å². The lowest BCUT2D eigenvalue weighted by Crippen LogP contribution is -2.35. The van der Waals surface area contributed by atoms with Gasteiger partial charge in [-0.15, -0.1) is 0 Å². The van der Waals surface area contributed by atoms with E-state index in [0.717, 1.165) is 42.1 Å². The highest BCUT2D eigenvalue weighted by Gasteiger charge is 2.22. The van der Waals surface area contributed by atoms with Crippen molar-refractivity contribution in [1.82, 2.24) is 14.9 Å². The number of hydrogen-bond donors (Lipinski definition) is 1. The second-order valence-electron chi connectivity index (χ2n) is 8.24. The molecule has 2 unspecified atom stereocenters. The minimum Gasteiger partial charge on any atom is -0.486 e. The van der Waals surface area contributed by atoms with Crippen molar-refractivity contribution in [3.63, 3.8) is 0 Å². The summed E-state index contributed by atoms with van der Waals surface area (Å²) in [6.45, 7) is 5.75. The predicted molar refractivity (Wildman–Crippen MR) is 124 cm³/mol. The molecule has 2 heterocycles. The molecule has 0 aliphatic carbocycles. The Bertz CT molecular complexity index is 1030. The van der Waals surface area contributed by atoms with E-state index >= 15 is 0 Å². The Hall–Kier alpha value is -3.28. The molecule has 0 radical (unpaired) electrons. The molecule has 4 rings (SSSR count). The molecule has 32 heavy (non-hydrogen) atoms. The number of carbonyl (C=O) groups excluding carboxylic acids is 1. The lowest BCUT2D eigenvalue weighted by atomic mass is 9.97. The molecule has 2 atom stereocenters. The standard InChI is InChI=1S/C26H31N3O3/c1-3-25-27-13-14-29(25)18-19(2)26(30)28-22(11-9-20-7-5-4-6-8-20)21-10-12-23-24(17-21)32-16-15-31-23/h4-8,10,12-14,17,19,22H,3,9,11,15-16,18H2,1-2H3,(H,28,30). The summed E-state index contributed by atoms with van der Waals surface area (Å²) < 4.78 is 13.5. The SMILES string of the molecule is CCc1nccn1CC(C)C(=O)NC(CCc1ccccc1)c1ccc2c(c1)OCCO2. The molecule has 0 saturated heterocycles. The average Bonchev–Trinajstić information content (AvgIpc) is 3.29. The predicted octanol–water partition coefficient (Wildman–Crippen LogP) is 4.34. The van der Waals surface area contributed by atoms with Gasteiger partial charge in [-0.1, -0.05) is 50.2 Å². The van der Waals surface area contributed by atoms with Crippen LogP contribution in [0.4, 0.5) is 0 Å². The monoisotopic (exact) mass is 433 g/mol. The Labute approximate surface area is 189 Å². The van der Waals surface area contributed by atoms with E-state index in [9.17, 15) is 4.79 Å². The molecule has 1 aromatic heterocycles. The number of aromatic nitrogens is 2. The molecule has 168 valence electrons. The number of ether oxygens (including phenoxy) is 2. The van der Waals surface area contributed by atoms with E-state index in [1.165, 1.54) is 5.56 Å². The van der Waals surface area contributed by atoms with Gasteiger partial charge in [0.15, 0.2) is 11.5 Å². The number of fused-ring (bicyclic) bond motifs is 1. The van der Waals surface area contributed by atoms with Crippen LogP contribution in [-0.2, 0) is 24.2 Å². The van der Waals surface area contributed by atoms with Crippen LogP contribution in [0.5, 0.6) is 11.5 Å². The molecular weight excluding hydrogens is 402 g/mol. The second-order valence-corrected chi connectivity index (χ2v) is 8.24. The van der Waals surface area contributed by atoms with Gasteiger partial charge in [0.2, 0.25) is 5.91 Å². The maximum absolute atomic E-state index is 13.2. The van der Waals surface area contributed by atoms with Crippen molar-refractivity contribution in [2.75, 3.05) is 13.2 Å². The van der Waals surface area contributed by atoms with Gasteiger partial charge in [0, 0.05) is 25.4 Å².